The van der Waals surface area contributed by atoms with Crippen LogP contribution in [0.5, 0.6) is 0 Å². The molecule has 6 rings (SSSR count). The number of rotatable bonds is 10. The highest BCUT2D eigenvalue weighted by molar-refractivity contribution is 8.44. The fourth-order valence-corrected chi connectivity index (χ4v) is 6.91. The van der Waals surface area contributed by atoms with Crippen molar-refractivity contribution in [3.8, 4) is 0 Å². The van der Waals surface area contributed by atoms with E-state index in [0.29, 0.717) is 0 Å². The van der Waals surface area contributed by atoms with Crippen LogP contribution in [0.4, 0.5) is 16.0 Å². The van der Waals surface area contributed by atoms with E-state index >= 15 is 4.39 Å². The molecule has 0 aliphatic carbocycles. The summed E-state index contributed by atoms with van der Waals surface area (Å²) >= 11 is 7.50. The quantitative estimate of drug-likeness (QED) is 0.101. The number of aliphatic hydroxyl groups is 1. The molecule has 6 N–H and O–H groups in total. The van der Waals surface area contributed by atoms with Crippen LogP contribution in [0.15, 0.2) is 25.3 Å². The summed E-state index contributed by atoms with van der Waals surface area (Å²) in [7, 11) is 0. The Morgan fingerprint density at radius 1 is 0.932 bits per heavy atom. The van der Waals surface area contributed by atoms with E-state index in [1.807, 2.05) is 0 Å². The molecule has 44 heavy (non-hydrogen) atoms. The van der Waals surface area contributed by atoms with Gasteiger partial charge in [0.25, 0.3) is 0 Å². The molecule has 0 bridgehead atoms. The van der Waals surface area contributed by atoms with Gasteiger partial charge >= 0.3 is 13.6 Å². The number of imidazole rings is 2. The summed E-state index contributed by atoms with van der Waals surface area (Å²) < 4.78 is 70.2. The van der Waals surface area contributed by atoms with Gasteiger partial charge in [0.1, 0.15) is 48.2 Å². The largest absolute Gasteiger partial charge is 0.387 e. The zero-order valence-corrected chi connectivity index (χ0v) is 25.7. The number of anilines is 2. The van der Waals surface area contributed by atoms with E-state index in [1.54, 1.807) is 0 Å². The number of thiol groups is 2. The van der Waals surface area contributed by atoms with Gasteiger partial charge in [-0.25, -0.2) is 43.4 Å². The normalized spacial score (nSPS) is 30.2. The molecule has 24 heteroatoms. The summed E-state index contributed by atoms with van der Waals surface area (Å²) in [6.45, 7) is -9.57. The first-order valence-corrected chi connectivity index (χ1v) is 18.1. The van der Waals surface area contributed by atoms with Crippen molar-refractivity contribution in [1.82, 2.24) is 39.0 Å². The van der Waals surface area contributed by atoms with Crippen molar-refractivity contribution >= 4 is 72.1 Å². The number of aliphatic hydroxyl groups excluding tert-OH is 1. The van der Waals surface area contributed by atoms with Crippen LogP contribution in [0.3, 0.4) is 0 Å². The van der Waals surface area contributed by atoms with Crippen molar-refractivity contribution in [2.75, 3.05) is 24.7 Å². The average molecular weight is 695 g/mol. The van der Waals surface area contributed by atoms with Gasteiger partial charge in [-0.1, -0.05) is 24.5 Å². The minimum absolute atomic E-state index is 0.0600. The van der Waals surface area contributed by atoms with Crippen molar-refractivity contribution in [2.45, 2.75) is 49.5 Å². The number of hydrogen-bond acceptors (Lipinski definition) is 16. The minimum atomic E-state index is -4.32. The molecule has 2 fully saturated rings. The van der Waals surface area contributed by atoms with Gasteiger partial charge in [-0.15, -0.1) is 0 Å². The lowest BCUT2D eigenvalue weighted by atomic mass is 10.1. The molecule has 0 radical (unpaired) electrons. The number of hydrogen-bond donors (Lipinski definition) is 6. The third-order valence-corrected chi connectivity index (χ3v) is 9.30. The van der Waals surface area contributed by atoms with Crippen LogP contribution in [0.25, 0.3) is 22.3 Å². The minimum Gasteiger partial charge on any atom is -0.387 e. The van der Waals surface area contributed by atoms with E-state index < -0.39 is 69.9 Å². The second-order valence-corrected chi connectivity index (χ2v) is 15.4. The maximum Gasteiger partial charge on any atom is 0.386 e. The third kappa shape index (κ3) is 6.29. The summed E-state index contributed by atoms with van der Waals surface area (Å²) in [5.41, 5.74) is 12.6. The van der Waals surface area contributed by atoms with Crippen LogP contribution in [0.2, 0.25) is 0 Å². The van der Waals surface area contributed by atoms with Crippen molar-refractivity contribution < 1.29 is 46.6 Å². The van der Waals surface area contributed by atoms with E-state index in [-0.39, 0.29) is 40.4 Å². The van der Waals surface area contributed by atoms with Crippen molar-refractivity contribution in [1.29, 1.82) is 0 Å². The third-order valence-electron chi connectivity index (χ3n) is 6.85. The zero-order chi connectivity index (χ0) is 31.4. The van der Waals surface area contributed by atoms with Gasteiger partial charge in [0, 0.05) is 6.42 Å². The summed E-state index contributed by atoms with van der Waals surface area (Å²) in [5.74, 6) is 0.181. The lowest BCUT2D eigenvalue weighted by Gasteiger charge is -2.25. The number of nitrogens with two attached hydrogens (primary N) is 2. The molecular weight excluding hydrogens is 669 g/mol. The van der Waals surface area contributed by atoms with Gasteiger partial charge in [0.2, 0.25) is 0 Å². The van der Waals surface area contributed by atoms with Gasteiger partial charge in [-0.3, -0.25) is 22.7 Å². The second kappa shape index (κ2) is 12.0. The monoisotopic (exact) mass is 694 g/mol. The summed E-state index contributed by atoms with van der Waals surface area (Å²) in [6.07, 6.45) is -4.26. The first-order valence-electron chi connectivity index (χ1n) is 12.7. The summed E-state index contributed by atoms with van der Waals surface area (Å²) in [4.78, 5) is 33.6. The van der Waals surface area contributed by atoms with E-state index in [9.17, 15) is 19.1 Å². The van der Waals surface area contributed by atoms with Crippen molar-refractivity contribution in [3.05, 3.63) is 25.3 Å². The molecule has 4 aromatic rings. The molecule has 3 unspecified atom stereocenters. The number of alkyl halides is 1. The predicted octanol–water partition coefficient (Wildman–Crippen LogP) is 1.20. The fraction of sp³-hybridized carbons (Fsp3) is 0.500. The van der Waals surface area contributed by atoms with Gasteiger partial charge in [-0.2, -0.15) is 0 Å². The Morgan fingerprint density at radius 3 is 2.11 bits per heavy atom. The number of aromatic nitrogens is 8. The van der Waals surface area contributed by atoms with Crippen LogP contribution >= 0.6 is 38.1 Å². The molecule has 0 amide bonds. The van der Waals surface area contributed by atoms with E-state index in [0.717, 1.165) is 0 Å². The Labute approximate surface area is 256 Å². The number of nitrogens with zero attached hydrogens (tertiary/aromatic N) is 8. The molecule has 0 spiro atoms. The molecule has 0 saturated carbocycles. The zero-order valence-electron chi connectivity index (χ0n) is 22.1. The molecule has 238 valence electrons. The number of nitrogen functional groups attached to an aromatic ring is 2. The lowest BCUT2D eigenvalue weighted by molar-refractivity contribution is -0.0482. The number of fused-ring (bicyclic) bond motifs is 2. The topological polar surface area (TPSA) is 260 Å². The van der Waals surface area contributed by atoms with E-state index in [4.69, 9.17) is 34.5 Å². The van der Waals surface area contributed by atoms with Gasteiger partial charge in [0.15, 0.2) is 35.4 Å². The Bertz CT molecular complexity index is 1780. The van der Waals surface area contributed by atoms with E-state index in [1.165, 1.54) is 34.4 Å². The SMILES string of the molecule is Nc1ncnc2c1ncn2C1O[C@H](COP(=O)(S)O[C@@H]2[C@H](O)[C@@H](COP(=O)(O)S)O[C@H]2n2cnc3c(N)ncnc32)C[C@H]1F. The van der Waals surface area contributed by atoms with E-state index in [2.05, 4.69) is 54.4 Å². The summed E-state index contributed by atoms with van der Waals surface area (Å²) in [6, 6.07) is 0. The highest BCUT2D eigenvalue weighted by Gasteiger charge is 2.50. The average Bonchev–Trinajstić information content (AvgIpc) is 3.72. The standard InChI is InChI=1S/C20H25FN10O9P2S2/c21-9-1-8(38-19(9)30-6-28-11-15(22)24-4-26-17(11)30)2-37-42(35,44)40-14-13(32)10(3-36-41(33,34)43)39-20(14)31-7-29-12-16(23)25-5-27-18(12)31/h4-10,13-14,19-20,32H,1-3H2,(H,35,44)(H2,22,24,26)(H2,23,25,27)(H2,33,34,43)/t8-,9+,10+,13+,14+,19?,20+,42?/m0/s1. The highest BCUT2D eigenvalue weighted by Crippen LogP contribution is 2.57. The first kappa shape index (κ1) is 31.5. The van der Waals surface area contributed by atoms with Crippen LogP contribution < -0.4 is 11.5 Å². The Morgan fingerprint density at radius 2 is 1.52 bits per heavy atom. The first-order chi connectivity index (χ1) is 20.8. The van der Waals surface area contributed by atoms with Gasteiger partial charge in [-0.05, 0) is 0 Å². The van der Waals surface area contributed by atoms with Crippen LogP contribution in [0.1, 0.15) is 18.9 Å². The molecule has 6 heterocycles. The molecule has 2 saturated heterocycles. The van der Waals surface area contributed by atoms with Crippen LogP contribution in [-0.2, 0) is 32.2 Å². The van der Waals surface area contributed by atoms with Crippen LogP contribution in [0, 0.1) is 0 Å². The van der Waals surface area contributed by atoms with Crippen molar-refractivity contribution in [2.24, 2.45) is 0 Å². The maximum atomic E-state index is 15.0. The molecular formula is C20H25FN10O9P2S2. The molecule has 9 atom stereocenters. The smallest absolute Gasteiger partial charge is 0.386 e. The van der Waals surface area contributed by atoms with Crippen LogP contribution in [-0.4, -0.2) is 92.8 Å². The predicted molar refractivity (Wildman–Crippen MR) is 155 cm³/mol. The Hall–Kier alpha value is -2.49. The fourth-order valence-electron chi connectivity index (χ4n) is 4.89. The maximum absolute atomic E-state index is 15.0. The molecule has 19 nitrogen and oxygen atoms in total. The second-order valence-electron chi connectivity index (χ2n) is 9.74. The number of ether oxygens (including phenoxy) is 2. The number of halogens is 1. The Balaban J connectivity index is 1.17. The molecule has 4 aromatic heterocycles. The molecule has 2 aliphatic rings. The molecule has 0 aromatic carbocycles. The summed E-state index contributed by atoms with van der Waals surface area (Å²) in [5, 5.41) is 11.0. The molecule has 2 aliphatic heterocycles. The van der Waals surface area contributed by atoms with Gasteiger partial charge < -0.3 is 30.9 Å². The lowest BCUT2D eigenvalue weighted by Crippen LogP contribution is -2.35. The highest BCUT2D eigenvalue weighted by atomic mass is 32.7. The van der Waals surface area contributed by atoms with Gasteiger partial charge in [0.05, 0.1) is 32.0 Å². The Kier molecular flexibility index (Phi) is 8.61. The van der Waals surface area contributed by atoms with Crippen molar-refractivity contribution in [3.63, 3.8) is 0 Å².